The van der Waals surface area contributed by atoms with Gasteiger partial charge in [0, 0.05) is 4.47 Å². The zero-order valence-electron chi connectivity index (χ0n) is 15.9. The third kappa shape index (κ3) is 6.07. The molecule has 0 saturated carbocycles. The van der Waals surface area contributed by atoms with E-state index >= 15 is 0 Å². The van der Waals surface area contributed by atoms with Crippen LogP contribution in [0.5, 0.6) is 11.5 Å². The molecular weight excluding hydrogens is 474 g/mol. The van der Waals surface area contributed by atoms with Crippen LogP contribution in [0.4, 0.5) is 0 Å². The third-order valence-electron chi connectivity index (χ3n) is 3.99. The molecule has 2 aromatic rings. The van der Waals surface area contributed by atoms with E-state index in [4.69, 9.17) is 14.6 Å². The Morgan fingerprint density at radius 2 is 2.03 bits per heavy atom. The van der Waals surface area contributed by atoms with Crippen LogP contribution >= 0.6 is 27.7 Å². The highest BCUT2D eigenvalue weighted by Crippen LogP contribution is 2.28. The minimum Gasteiger partial charge on any atom is -0.493 e. The van der Waals surface area contributed by atoms with Crippen LogP contribution in [0.15, 0.2) is 57.1 Å². The van der Waals surface area contributed by atoms with Crippen LogP contribution in [0.1, 0.15) is 17.5 Å². The second kappa shape index (κ2) is 10.3. The number of nitrogens with zero attached hydrogens (tertiary/aromatic N) is 2. The lowest BCUT2D eigenvalue weighted by Crippen LogP contribution is -2.26. The third-order valence-corrected chi connectivity index (χ3v) is 5.59. The van der Waals surface area contributed by atoms with Crippen LogP contribution in [0, 0.1) is 0 Å². The quantitative estimate of drug-likeness (QED) is 0.432. The molecule has 156 valence electrons. The molecule has 2 aromatic carbocycles. The van der Waals surface area contributed by atoms with Crippen molar-refractivity contribution in [3.63, 3.8) is 0 Å². The number of carbonyl (C=O) groups is 2. The van der Waals surface area contributed by atoms with Crippen molar-refractivity contribution in [2.24, 2.45) is 10.2 Å². The Bertz CT molecular complexity index is 994. The second-order valence-electron chi connectivity index (χ2n) is 6.17. The lowest BCUT2D eigenvalue weighted by atomic mass is 10.2. The number of thioether (sulfide) groups is 1. The summed E-state index contributed by atoms with van der Waals surface area (Å²) in [6.45, 7) is 0.375. The Labute approximate surface area is 185 Å². The van der Waals surface area contributed by atoms with E-state index in [1.54, 1.807) is 25.3 Å². The van der Waals surface area contributed by atoms with Gasteiger partial charge in [0.2, 0.25) is 5.91 Å². The summed E-state index contributed by atoms with van der Waals surface area (Å²) in [5.41, 5.74) is 1.73. The van der Waals surface area contributed by atoms with Gasteiger partial charge in [0.05, 0.1) is 19.7 Å². The lowest BCUT2D eigenvalue weighted by molar-refractivity contribution is -0.138. The van der Waals surface area contributed by atoms with E-state index < -0.39 is 11.2 Å². The molecule has 1 atom stereocenters. The van der Waals surface area contributed by atoms with Gasteiger partial charge in [-0.25, -0.2) is 0 Å². The first kappa shape index (κ1) is 21.8. The SMILES string of the molecule is COc1ccc(/C=N\N=C2\NC(=O)[C@@H](CC(=O)O)S2)cc1OCc1ccc(Br)cc1. The molecule has 30 heavy (non-hydrogen) atoms. The average molecular weight is 492 g/mol. The predicted octanol–water partition coefficient (Wildman–Crippen LogP) is 3.43. The summed E-state index contributed by atoms with van der Waals surface area (Å²) in [7, 11) is 1.56. The van der Waals surface area contributed by atoms with Crippen LogP contribution in [0.25, 0.3) is 0 Å². The maximum absolute atomic E-state index is 11.7. The summed E-state index contributed by atoms with van der Waals surface area (Å²) in [4.78, 5) is 22.5. The highest BCUT2D eigenvalue weighted by Gasteiger charge is 2.32. The Morgan fingerprint density at radius 3 is 2.73 bits per heavy atom. The van der Waals surface area contributed by atoms with Gasteiger partial charge in [0.1, 0.15) is 11.9 Å². The molecule has 0 unspecified atom stereocenters. The van der Waals surface area contributed by atoms with Crippen LogP contribution in [0.2, 0.25) is 0 Å². The van der Waals surface area contributed by atoms with Crippen LogP contribution in [-0.4, -0.2) is 40.7 Å². The first-order valence-electron chi connectivity index (χ1n) is 8.80. The van der Waals surface area contributed by atoms with E-state index in [1.807, 2.05) is 24.3 Å². The Morgan fingerprint density at radius 1 is 1.27 bits per heavy atom. The smallest absolute Gasteiger partial charge is 0.305 e. The van der Waals surface area contributed by atoms with Crippen molar-refractivity contribution >= 4 is 51.0 Å². The number of methoxy groups -OCH3 is 1. The molecule has 1 saturated heterocycles. The first-order valence-corrected chi connectivity index (χ1v) is 10.5. The van der Waals surface area contributed by atoms with Crippen molar-refractivity contribution < 1.29 is 24.2 Å². The maximum atomic E-state index is 11.7. The summed E-state index contributed by atoms with van der Waals surface area (Å²) >= 11 is 4.45. The summed E-state index contributed by atoms with van der Waals surface area (Å²) in [5.74, 6) is -0.279. The first-order chi connectivity index (χ1) is 14.4. The van der Waals surface area contributed by atoms with Gasteiger partial charge in [-0.1, -0.05) is 39.8 Å². The van der Waals surface area contributed by atoms with Crippen molar-refractivity contribution in [1.82, 2.24) is 5.32 Å². The summed E-state index contributed by atoms with van der Waals surface area (Å²) in [6.07, 6.45) is 1.24. The number of nitrogens with one attached hydrogen (secondary N) is 1. The average Bonchev–Trinajstić information content (AvgIpc) is 3.06. The summed E-state index contributed by atoms with van der Waals surface area (Å²) < 4.78 is 12.2. The fraction of sp³-hybridized carbons (Fsp3) is 0.200. The highest BCUT2D eigenvalue weighted by molar-refractivity contribution is 9.10. The van der Waals surface area contributed by atoms with E-state index in [9.17, 15) is 9.59 Å². The van der Waals surface area contributed by atoms with Gasteiger partial charge in [-0.05, 0) is 41.5 Å². The van der Waals surface area contributed by atoms with E-state index in [-0.39, 0.29) is 17.5 Å². The molecule has 2 N–H and O–H groups in total. The van der Waals surface area contributed by atoms with E-state index in [0.29, 0.717) is 18.1 Å². The van der Waals surface area contributed by atoms with Crippen molar-refractivity contribution in [2.75, 3.05) is 7.11 Å². The normalized spacial score (nSPS) is 17.3. The van der Waals surface area contributed by atoms with Gasteiger partial charge in [-0.15, -0.1) is 5.10 Å². The number of carboxylic acid groups (broad SMARTS) is 1. The molecule has 0 bridgehead atoms. The number of carbonyl (C=O) groups excluding carboxylic acids is 1. The van der Waals surface area contributed by atoms with Gasteiger partial charge >= 0.3 is 5.97 Å². The van der Waals surface area contributed by atoms with Gasteiger partial charge in [0.25, 0.3) is 0 Å². The van der Waals surface area contributed by atoms with Gasteiger partial charge in [-0.3, -0.25) is 9.59 Å². The summed E-state index contributed by atoms with van der Waals surface area (Å²) in [6, 6.07) is 13.1. The zero-order chi connectivity index (χ0) is 21.5. The molecule has 0 radical (unpaired) electrons. The molecule has 1 aliphatic heterocycles. The fourth-order valence-electron chi connectivity index (χ4n) is 2.52. The molecule has 3 rings (SSSR count). The van der Waals surface area contributed by atoms with E-state index in [1.165, 1.54) is 6.21 Å². The van der Waals surface area contributed by atoms with Gasteiger partial charge in [0.15, 0.2) is 16.7 Å². The summed E-state index contributed by atoms with van der Waals surface area (Å²) in [5, 5.41) is 18.8. The topological polar surface area (TPSA) is 110 Å². The largest absolute Gasteiger partial charge is 0.493 e. The number of rotatable bonds is 8. The Hall–Kier alpha value is -2.85. The van der Waals surface area contributed by atoms with Crippen LogP contribution in [0.3, 0.4) is 0 Å². The monoisotopic (exact) mass is 491 g/mol. The number of carboxylic acids is 1. The molecule has 0 aliphatic carbocycles. The molecular formula is C20H18BrN3O5S. The van der Waals surface area contributed by atoms with Gasteiger partial charge < -0.3 is 19.9 Å². The fourth-order valence-corrected chi connectivity index (χ4v) is 3.70. The van der Waals surface area contributed by atoms with Crippen molar-refractivity contribution in [3.05, 3.63) is 58.1 Å². The maximum Gasteiger partial charge on any atom is 0.305 e. The number of hydrogen-bond acceptors (Lipinski definition) is 7. The Balaban J connectivity index is 1.66. The minimum atomic E-state index is -1.04. The molecule has 0 aromatic heterocycles. The van der Waals surface area contributed by atoms with Crippen LogP contribution < -0.4 is 14.8 Å². The number of hydrogen-bond donors (Lipinski definition) is 2. The molecule has 10 heteroatoms. The van der Waals surface area contributed by atoms with Gasteiger partial charge in [-0.2, -0.15) is 5.10 Å². The molecule has 8 nitrogen and oxygen atoms in total. The lowest BCUT2D eigenvalue weighted by Gasteiger charge is -2.11. The van der Waals surface area contributed by atoms with E-state index in [2.05, 4.69) is 31.4 Å². The van der Waals surface area contributed by atoms with Crippen molar-refractivity contribution in [2.45, 2.75) is 18.3 Å². The van der Waals surface area contributed by atoms with E-state index in [0.717, 1.165) is 27.4 Å². The minimum absolute atomic E-state index is 0.266. The van der Waals surface area contributed by atoms with Crippen molar-refractivity contribution in [3.8, 4) is 11.5 Å². The molecule has 0 spiro atoms. The molecule has 1 heterocycles. The number of halogens is 1. The molecule has 1 aliphatic rings. The standard InChI is InChI=1S/C20H18BrN3O5S/c1-28-15-7-4-13(8-16(15)29-11-12-2-5-14(21)6-3-12)10-22-24-20-23-19(27)17(30-20)9-18(25)26/h2-8,10,17H,9,11H2,1H3,(H,25,26)(H,23,24,27)/b22-10-/t17-/m1/s1. The number of aliphatic carboxylic acids is 1. The number of amidine groups is 1. The second-order valence-corrected chi connectivity index (χ2v) is 8.28. The zero-order valence-corrected chi connectivity index (χ0v) is 18.3. The predicted molar refractivity (Wildman–Crippen MR) is 118 cm³/mol. The number of benzene rings is 2. The highest BCUT2D eigenvalue weighted by atomic mass is 79.9. The number of ether oxygens (including phenoxy) is 2. The Kier molecular flexibility index (Phi) is 7.47. The number of amides is 1. The molecule has 1 fully saturated rings. The molecule has 1 amide bonds. The van der Waals surface area contributed by atoms with Crippen molar-refractivity contribution in [1.29, 1.82) is 0 Å². The van der Waals surface area contributed by atoms with Crippen LogP contribution in [-0.2, 0) is 16.2 Å².